The Morgan fingerprint density at radius 1 is 1.04 bits per heavy atom. The SMILES string of the molecule is COc1ccccc1OC(C)c1cc(=O)[nH]c(NC(C)c2ccccn2)n1. The van der Waals surface area contributed by atoms with Crippen LogP contribution in [0.15, 0.2) is 59.5 Å². The Labute approximate surface area is 157 Å². The van der Waals surface area contributed by atoms with Crippen LogP contribution in [0, 0.1) is 0 Å². The summed E-state index contributed by atoms with van der Waals surface area (Å²) in [6, 6.07) is 14.3. The number of rotatable bonds is 7. The van der Waals surface area contributed by atoms with Crippen LogP contribution in [0.1, 0.15) is 37.4 Å². The average Bonchev–Trinajstić information content (AvgIpc) is 2.68. The van der Waals surface area contributed by atoms with E-state index in [9.17, 15) is 4.79 Å². The number of ether oxygens (including phenoxy) is 2. The smallest absolute Gasteiger partial charge is 0.252 e. The number of hydrogen-bond acceptors (Lipinski definition) is 6. The molecule has 1 aromatic carbocycles. The summed E-state index contributed by atoms with van der Waals surface area (Å²) in [5.41, 5.74) is 1.11. The van der Waals surface area contributed by atoms with Crippen LogP contribution in [0.5, 0.6) is 11.5 Å². The molecule has 0 bridgehead atoms. The van der Waals surface area contributed by atoms with E-state index in [0.29, 0.717) is 23.1 Å². The van der Waals surface area contributed by atoms with Crippen molar-refractivity contribution in [1.29, 1.82) is 0 Å². The van der Waals surface area contributed by atoms with Crippen molar-refractivity contribution < 1.29 is 9.47 Å². The van der Waals surface area contributed by atoms with Gasteiger partial charge in [-0.1, -0.05) is 18.2 Å². The fourth-order valence-electron chi connectivity index (χ4n) is 2.63. The number of para-hydroxylation sites is 2. The summed E-state index contributed by atoms with van der Waals surface area (Å²) < 4.78 is 11.2. The molecule has 140 valence electrons. The summed E-state index contributed by atoms with van der Waals surface area (Å²) in [5, 5.41) is 3.17. The van der Waals surface area contributed by atoms with Crippen molar-refractivity contribution in [2.75, 3.05) is 12.4 Å². The lowest BCUT2D eigenvalue weighted by molar-refractivity contribution is 0.211. The third-order valence-corrected chi connectivity index (χ3v) is 4.04. The zero-order chi connectivity index (χ0) is 19.2. The van der Waals surface area contributed by atoms with Gasteiger partial charge in [-0.3, -0.25) is 14.8 Å². The Balaban J connectivity index is 1.79. The highest BCUT2D eigenvalue weighted by molar-refractivity contribution is 5.40. The quantitative estimate of drug-likeness (QED) is 0.665. The van der Waals surface area contributed by atoms with Gasteiger partial charge in [0, 0.05) is 12.3 Å². The van der Waals surface area contributed by atoms with E-state index in [2.05, 4.69) is 20.3 Å². The van der Waals surface area contributed by atoms with Crippen molar-refractivity contribution >= 4 is 5.95 Å². The minimum Gasteiger partial charge on any atom is -0.493 e. The molecule has 27 heavy (non-hydrogen) atoms. The van der Waals surface area contributed by atoms with Crippen LogP contribution in [0.25, 0.3) is 0 Å². The average molecular weight is 366 g/mol. The van der Waals surface area contributed by atoms with E-state index in [1.54, 1.807) is 13.3 Å². The Morgan fingerprint density at radius 2 is 1.78 bits per heavy atom. The van der Waals surface area contributed by atoms with E-state index in [1.165, 1.54) is 6.07 Å². The summed E-state index contributed by atoms with van der Waals surface area (Å²) in [4.78, 5) is 23.6. The minimum atomic E-state index is -0.436. The van der Waals surface area contributed by atoms with Gasteiger partial charge in [-0.05, 0) is 38.1 Å². The molecule has 2 N–H and O–H groups in total. The van der Waals surface area contributed by atoms with Crippen molar-refractivity contribution in [2.45, 2.75) is 26.0 Å². The van der Waals surface area contributed by atoms with Crippen LogP contribution in [0.2, 0.25) is 0 Å². The molecule has 2 unspecified atom stereocenters. The Bertz CT molecular complexity index is 943. The van der Waals surface area contributed by atoms with Crippen LogP contribution in [-0.2, 0) is 0 Å². The van der Waals surface area contributed by atoms with Gasteiger partial charge in [0.1, 0.15) is 6.10 Å². The molecule has 2 heterocycles. The molecule has 0 amide bonds. The summed E-state index contributed by atoms with van der Waals surface area (Å²) in [5.74, 6) is 1.58. The first-order valence-electron chi connectivity index (χ1n) is 8.65. The van der Waals surface area contributed by atoms with Crippen molar-refractivity contribution in [1.82, 2.24) is 15.0 Å². The van der Waals surface area contributed by atoms with Gasteiger partial charge < -0.3 is 14.8 Å². The first kappa shape index (κ1) is 18.4. The molecular formula is C20H22N4O3. The maximum absolute atomic E-state index is 12.1. The molecule has 0 aliphatic rings. The molecule has 3 aromatic rings. The third-order valence-electron chi connectivity index (χ3n) is 4.04. The Kier molecular flexibility index (Phi) is 5.71. The van der Waals surface area contributed by atoms with E-state index in [0.717, 1.165) is 5.69 Å². The molecule has 0 saturated carbocycles. The maximum atomic E-state index is 12.1. The minimum absolute atomic E-state index is 0.116. The van der Waals surface area contributed by atoms with E-state index in [1.807, 2.05) is 56.3 Å². The van der Waals surface area contributed by atoms with Crippen LogP contribution >= 0.6 is 0 Å². The normalized spacial score (nSPS) is 12.9. The van der Waals surface area contributed by atoms with Gasteiger partial charge in [-0.2, -0.15) is 0 Å². The largest absolute Gasteiger partial charge is 0.493 e. The topological polar surface area (TPSA) is 89.1 Å². The summed E-state index contributed by atoms with van der Waals surface area (Å²) in [7, 11) is 1.58. The van der Waals surface area contributed by atoms with Crippen molar-refractivity contribution in [3.8, 4) is 11.5 Å². The van der Waals surface area contributed by atoms with E-state index < -0.39 is 6.10 Å². The van der Waals surface area contributed by atoms with Crippen LogP contribution in [0.4, 0.5) is 5.95 Å². The van der Waals surface area contributed by atoms with E-state index in [-0.39, 0.29) is 11.6 Å². The van der Waals surface area contributed by atoms with Crippen LogP contribution in [-0.4, -0.2) is 22.1 Å². The van der Waals surface area contributed by atoms with Gasteiger partial charge in [0.05, 0.1) is 24.5 Å². The predicted octanol–water partition coefficient (Wildman–Crippen LogP) is 3.49. The van der Waals surface area contributed by atoms with Gasteiger partial charge in [-0.15, -0.1) is 0 Å². The second kappa shape index (κ2) is 8.35. The van der Waals surface area contributed by atoms with Crippen molar-refractivity contribution in [3.05, 3.63) is 76.5 Å². The van der Waals surface area contributed by atoms with Crippen molar-refractivity contribution in [3.63, 3.8) is 0 Å². The van der Waals surface area contributed by atoms with Crippen LogP contribution < -0.4 is 20.3 Å². The lowest BCUT2D eigenvalue weighted by Gasteiger charge is -2.18. The second-order valence-corrected chi connectivity index (χ2v) is 6.05. The van der Waals surface area contributed by atoms with Crippen LogP contribution in [0.3, 0.4) is 0 Å². The number of pyridine rings is 1. The van der Waals surface area contributed by atoms with Gasteiger partial charge in [-0.25, -0.2) is 4.98 Å². The monoisotopic (exact) mass is 366 g/mol. The van der Waals surface area contributed by atoms with Gasteiger partial charge in [0.15, 0.2) is 11.5 Å². The number of H-pyrrole nitrogens is 1. The highest BCUT2D eigenvalue weighted by Gasteiger charge is 2.15. The van der Waals surface area contributed by atoms with Crippen molar-refractivity contribution in [2.24, 2.45) is 0 Å². The first-order valence-corrected chi connectivity index (χ1v) is 8.65. The number of benzene rings is 1. The molecule has 0 spiro atoms. The summed E-state index contributed by atoms with van der Waals surface area (Å²) >= 11 is 0. The molecule has 0 fully saturated rings. The maximum Gasteiger partial charge on any atom is 0.252 e. The number of hydrogen-bond donors (Lipinski definition) is 2. The zero-order valence-electron chi connectivity index (χ0n) is 15.5. The first-order chi connectivity index (χ1) is 13.1. The van der Waals surface area contributed by atoms with E-state index >= 15 is 0 Å². The number of methoxy groups -OCH3 is 1. The lowest BCUT2D eigenvalue weighted by Crippen LogP contribution is -2.19. The second-order valence-electron chi connectivity index (χ2n) is 6.05. The lowest BCUT2D eigenvalue weighted by atomic mass is 10.2. The molecule has 7 heteroatoms. The molecule has 3 rings (SSSR count). The number of nitrogens with zero attached hydrogens (tertiary/aromatic N) is 2. The number of aromatic nitrogens is 3. The number of anilines is 1. The van der Waals surface area contributed by atoms with Gasteiger partial charge in [0.2, 0.25) is 5.95 Å². The highest BCUT2D eigenvalue weighted by atomic mass is 16.5. The van der Waals surface area contributed by atoms with E-state index in [4.69, 9.17) is 9.47 Å². The molecule has 0 radical (unpaired) electrons. The Hall–Kier alpha value is -3.35. The number of aromatic amines is 1. The molecule has 2 atom stereocenters. The summed E-state index contributed by atoms with van der Waals surface area (Å²) in [6.45, 7) is 3.78. The molecule has 7 nitrogen and oxygen atoms in total. The predicted molar refractivity (Wildman–Crippen MR) is 103 cm³/mol. The standard InChI is InChI=1S/C20H22N4O3/c1-13(15-8-6-7-11-21-15)22-20-23-16(12-19(25)24-20)14(2)27-18-10-5-4-9-17(18)26-3/h4-14H,1-3H3,(H2,22,23,24,25). The fourth-order valence-corrected chi connectivity index (χ4v) is 2.63. The third kappa shape index (κ3) is 4.63. The van der Waals surface area contributed by atoms with Gasteiger partial charge >= 0.3 is 0 Å². The number of nitrogens with one attached hydrogen (secondary N) is 2. The molecular weight excluding hydrogens is 344 g/mol. The highest BCUT2D eigenvalue weighted by Crippen LogP contribution is 2.30. The molecule has 0 aliphatic heterocycles. The Morgan fingerprint density at radius 3 is 2.48 bits per heavy atom. The summed E-state index contributed by atoms with van der Waals surface area (Å²) in [6.07, 6.45) is 1.29. The molecule has 0 aliphatic carbocycles. The molecule has 2 aromatic heterocycles. The zero-order valence-corrected chi connectivity index (χ0v) is 15.5. The van der Waals surface area contributed by atoms with Gasteiger partial charge in [0.25, 0.3) is 5.56 Å². The fraction of sp³-hybridized carbons (Fsp3) is 0.250. The molecule has 0 saturated heterocycles.